The third kappa shape index (κ3) is 1.91. The van der Waals surface area contributed by atoms with Crippen molar-refractivity contribution < 1.29 is 9.59 Å². The summed E-state index contributed by atoms with van der Waals surface area (Å²) < 4.78 is 0. The minimum atomic E-state index is -0.529. The molecule has 0 radical (unpaired) electrons. The van der Waals surface area contributed by atoms with Gasteiger partial charge in [-0.05, 0) is 25.2 Å². The average molecular weight is 252 g/mol. The summed E-state index contributed by atoms with van der Waals surface area (Å²) in [6, 6.07) is -0.338. The van der Waals surface area contributed by atoms with Gasteiger partial charge in [0.2, 0.25) is 11.8 Å². The highest BCUT2D eigenvalue weighted by molar-refractivity contribution is 6.00. The fraction of sp³-hybridized carbons (Fsp3) is 0.857. The third-order valence-electron chi connectivity index (χ3n) is 4.30. The lowest BCUT2D eigenvalue weighted by atomic mass is 9.86. The molecule has 0 aromatic rings. The van der Waals surface area contributed by atoms with E-state index in [4.69, 9.17) is 0 Å². The van der Waals surface area contributed by atoms with Crippen LogP contribution in [-0.2, 0) is 9.59 Å². The number of carbonyl (C=O) groups is 2. The topological polar surface area (TPSA) is 49.4 Å². The van der Waals surface area contributed by atoms with E-state index in [1.54, 1.807) is 0 Å². The lowest BCUT2D eigenvalue weighted by Gasteiger charge is -2.47. The predicted molar refractivity (Wildman–Crippen MR) is 70.0 cm³/mol. The molecule has 2 rings (SSSR count). The van der Waals surface area contributed by atoms with E-state index in [1.165, 1.54) is 0 Å². The first kappa shape index (κ1) is 13.4. The largest absolute Gasteiger partial charge is 0.342 e. The monoisotopic (exact) mass is 252 g/mol. The Labute approximate surface area is 109 Å². The molecule has 4 heteroatoms. The summed E-state index contributed by atoms with van der Waals surface area (Å²) in [5, 5.41) is 2.96. The van der Waals surface area contributed by atoms with Crippen molar-refractivity contribution in [3.8, 4) is 0 Å². The second kappa shape index (κ2) is 4.90. The number of amides is 2. The van der Waals surface area contributed by atoms with Gasteiger partial charge in [0, 0.05) is 6.54 Å². The molecule has 1 spiro atoms. The standard InChI is InChI=1S/C14H24N2O2/c1-4-9-16-12(17)11(10(2)3)15-13(18)14(16)7-5-6-8-14/h10-11H,4-9H2,1-3H3,(H,15,18). The summed E-state index contributed by atoms with van der Waals surface area (Å²) in [6.45, 7) is 6.74. The molecule has 102 valence electrons. The van der Waals surface area contributed by atoms with Crippen LogP contribution in [0.1, 0.15) is 52.9 Å². The maximum atomic E-state index is 12.6. The Morgan fingerprint density at radius 2 is 1.94 bits per heavy atom. The number of piperazine rings is 1. The zero-order chi connectivity index (χ0) is 13.3. The molecule has 1 atom stereocenters. The van der Waals surface area contributed by atoms with Crippen molar-refractivity contribution in [2.24, 2.45) is 5.92 Å². The van der Waals surface area contributed by atoms with Crippen molar-refractivity contribution in [1.82, 2.24) is 10.2 Å². The maximum Gasteiger partial charge on any atom is 0.246 e. The molecule has 4 nitrogen and oxygen atoms in total. The van der Waals surface area contributed by atoms with Crippen molar-refractivity contribution in [2.75, 3.05) is 6.54 Å². The van der Waals surface area contributed by atoms with Gasteiger partial charge in [0.25, 0.3) is 0 Å². The molecule has 0 aromatic carbocycles. The van der Waals surface area contributed by atoms with Crippen LogP contribution < -0.4 is 5.32 Å². The number of hydrogen-bond donors (Lipinski definition) is 1. The molecule has 0 aromatic heterocycles. The third-order valence-corrected chi connectivity index (χ3v) is 4.30. The van der Waals surface area contributed by atoms with E-state index in [2.05, 4.69) is 12.2 Å². The molecule has 1 aliphatic carbocycles. The van der Waals surface area contributed by atoms with Gasteiger partial charge in [0.15, 0.2) is 0 Å². The fourth-order valence-corrected chi connectivity index (χ4v) is 3.30. The normalized spacial score (nSPS) is 27.1. The number of carbonyl (C=O) groups excluding carboxylic acids is 2. The van der Waals surface area contributed by atoms with Crippen molar-refractivity contribution in [1.29, 1.82) is 0 Å². The Bertz CT molecular complexity index is 346. The zero-order valence-electron chi connectivity index (χ0n) is 11.7. The maximum absolute atomic E-state index is 12.6. The van der Waals surface area contributed by atoms with Crippen LogP contribution in [0.3, 0.4) is 0 Å². The summed E-state index contributed by atoms with van der Waals surface area (Å²) in [6.07, 6.45) is 4.66. The molecule has 18 heavy (non-hydrogen) atoms. The molecule has 2 fully saturated rings. The molecule has 0 bridgehead atoms. The van der Waals surface area contributed by atoms with Gasteiger partial charge in [-0.3, -0.25) is 9.59 Å². The lowest BCUT2D eigenvalue weighted by Crippen LogP contribution is -2.70. The summed E-state index contributed by atoms with van der Waals surface area (Å²) in [7, 11) is 0. The highest BCUT2D eigenvalue weighted by atomic mass is 16.2. The quantitative estimate of drug-likeness (QED) is 0.831. The van der Waals surface area contributed by atoms with Crippen LogP contribution in [0.2, 0.25) is 0 Å². The molecule has 2 amide bonds. The molecule has 1 heterocycles. The van der Waals surface area contributed by atoms with E-state index in [1.807, 2.05) is 18.7 Å². The van der Waals surface area contributed by atoms with Crippen LogP contribution in [-0.4, -0.2) is 34.8 Å². The SMILES string of the molecule is CCCN1C(=O)C(C(C)C)NC(=O)C12CCCC2. The van der Waals surface area contributed by atoms with Gasteiger partial charge >= 0.3 is 0 Å². The summed E-state index contributed by atoms with van der Waals surface area (Å²) >= 11 is 0. The number of hydrogen-bond acceptors (Lipinski definition) is 2. The molecule has 1 saturated heterocycles. The highest BCUT2D eigenvalue weighted by Gasteiger charge is 2.53. The van der Waals surface area contributed by atoms with Crippen LogP contribution in [0.4, 0.5) is 0 Å². The summed E-state index contributed by atoms with van der Waals surface area (Å²) in [4.78, 5) is 26.9. The van der Waals surface area contributed by atoms with Crippen LogP contribution in [0.5, 0.6) is 0 Å². The average Bonchev–Trinajstić information content (AvgIpc) is 2.80. The van der Waals surface area contributed by atoms with Crippen molar-refractivity contribution >= 4 is 11.8 Å². The van der Waals surface area contributed by atoms with Gasteiger partial charge in [-0.25, -0.2) is 0 Å². The molecular formula is C14H24N2O2. The predicted octanol–water partition coefficient (Wildman–Crippen LogP) is 1.69. The first-order valence-electron chi connectivity index (χ1n) is 7.15. The van der Waals surface area contributed by atoms with E-state index in [0.29, 0.717) is 6.54 Å². The fourth-order valence-electron chi connectivity index (χ4n) is 3.30. The van der Waals surface area contributed by atoms with Crippen molar-refractivity contribution in [2.45, 2.75) is 64.5 Å². The first-order chi connectivity index (χ1) is 8.53. The number of nitrogens with zero attached hydrogens (tertiary/aromatic N) is 1. The van der Waals surface area contributed by atoms with E-state index in [9.17, 15) is 9.59 Å². The Balaban J connectivity index is 2.31. The smallest absolute Gasteiger partial charge is 0.246 e. The Kier molecular flexibility index (Phi) is 3.64. The second-order valence-electron chi connectivity index (χ2n) is 5.92. The Morgan fingerprint density at radius 3 is 2.44 bits per heavy atom. The molecule has 1 unspecified atom stereocenters. The first-order valence-corrected chi connectivity index (χ1v) is 7.15. The lowest BCUT2D eigenvalue weighted by molar-refractivity contribution is -0.158. The van der Waals surface area contributed by atoms with Crippen LogP contribution in [0, 0.1) is 5.92 Å². The van der Waals surface area contributed by atoms with Gasteiger partial charge in [0.05, 0.1) is 0 Å². The van der Waals surface area contributed by atoms with Gasteiger partial charge in [-0.2, -0.15) is 0 Å². The van der Waals surface area contributed by atoms with Gasteiger partial charge in [-0.15, -0.1) is 0 Å². The van der Waals surface area contributed by atoms with Crippen molar-refractivity contribution in [3.63, 3.8) is 0 Å². The Morgan fingerprint density at radius 1 is 1.33 bits per heavy atom. The summed E-state index contributed by atoms with van der Waals surface area (Å²) in [5.41, 5.74) is -0.529. The van der Waals surface area contributed by atoms with E-state index >= 15 is 0 Å². The Hall–Kier alpha value is -1.06. The van der Waals surface area contributed by atoms with E-state index in [-0.39, 0.29) is 23.8 Å². The minimum Gasteiger partial charge on any atom is -0.342 e. The molecule has 2 aliphatic rings. The highest BCUT2D eigenvalue weighted by Crippen LogP contribution is 2.38. The van der Waals surface area contributed by atoms with E-state index in [0.717, 1.165) is 32.1 Å². The van der Waals surface area contributed by atoms with Gasteiger partial charge in [-0.1, -0.05) is 33.6 Å². The van der Waals surface area contributed by atoms with E-state index < -0.39 is 5.54 Å². The van der Waals surface area contributed by atoms with Crippen LogP contribution in [0.15, 0.2) is 0 Å². The molecule has 1 N–H and O–H groups in total. The molecule has 1 saturated carbocycles. The number of nitrogens with one attached hydrogen (secondary N) is 1. The van der Waals surface area contributed by atoms with Crippen LogP contribution >= 0.6 is 0 Å². The second-order valence-corrected chi connectivity index (χ2v) is 5.92. The van der Waals surface area contributed by atoms with Gasteiger partial charge in [0.1, 0.15) is 11.6 Å². The van der Waals surface area contributed by atoms with Crippen LogP contribution in [0.25, 0.3) is 0 Å². The van der Waals surface area contributed by atoms with Gasteiger partial charge < -0.3 is 10.2 Å². The summed E-state index contributed by atoms with van der Waals surface area (Å²) in [5.74, 6) is 0.347. The van der Waals surface area contributed by atoms with Crippen molar-refractivity contribution in [3.05, 3.63) is 0 Å². The molecular weight excluding hydrogens is 228 g/mol. The minimum absolute atomic E-state index is 0.0757. The number of rotatable bonds is 3. The molecule has 1 aliphatic heterocycles. The zero-order valence-corrected chi connectivity index (χ0v) is 11.7.